The minimum absolute atomic E-state index is 0.0123. The van der Waals surface area contributed by atoms with Gasteiger partial charge in [0.25, 0.3) is 5.91 Å². The fourth-order valence-corrected chi connectivity index (χ4v) is 2.90. The molecule has 0 atom stereocenters. The molecule has 0 radical (unpaired) electrons. The summed E-state index contributed by atoms with van der Waals surface area (Å²) in [6.45, 7) is 0. The third-order valence-electron chi connectivity index (χ3n) is 3.89. The van der Waals surface area contributed by atoms with E-state index in [0.29, 0.717) is 11.6 Å². The minimum atomic E-state index is -0.824. The molecule has 1 aromatic heterocycles. The van der Waals surface area contributed by atoms with Crippen LogP contribution in [0, 0.1) is 17.5 Å². The van der Waals surface area contributed by atoms with Crippen LogP contribution in [0.4, 0.5) is 13.2 Å². The summed E-state index contributed by atoms with van der Waals surface area (Å²) in [5, 5.41) is 10.2. The first kappa shape index (κ1) is 15.2. The zero-order valence-corrected chi connectivity index (χ0v) is 12.5. The molecule has 7 heteroatoms. The van der Waals surface area contributed by atoms with Crippen molar-refractivity contribution in [1.82, 2.24) is 4.98 Å². The van der Waals surface area contributed by atoms with E-state index < -0.39 is 23.4 Å². The number of hydrogen-bond acceptors (Lipinski definition) is 2. The zero-order chi connectivity index (χ0) is 17.7. The molecule has 0 saturated heterocycles. The summed E-state index contributed by atoms with van der Waals surface area (Å²) in [7, 11) is 0. The van der Waals surface area contributed by atoms with Gasteiger partial charge < -0.3 is 10.1 Å². The highest BCUT2D eigenvalue weighted by atomic mass is 19.1. The largest absolute Gasteiger partial charge is 0.494 e. The molecule has 0 bridgehead atoms. The van der Waals surface area contributed by atoms with Crippen molar-refractivity contribution in [2.45, 2.75) is 0 Å². The minimum Gasteiger partial charge on any atom is -0.494 e. The Bertz CT molecular complexity index is 1050. The number of rotatable bonds is 2. The van der Waals surface area contributed by atoms with Gasteiger partial charge in [0.1, 0.15) is 17.5 Å². The van der Waals surface area contributed by atoms with Crippen molar-refractivity contribution in [3.05, 3.63) is 76.6 Å². The summed E-state index contributed by atoms with van der Waals surface area (Å²) in [5.74, 6) is -3.25. The smallest absolute Gasteiger partial charge is 0.280 e. The first-order valence-corrected chi connectivity index (χ1v) is 7.25. The highest BCUT2D eigenvalue weighted by Crippen LogP contribution is 2.38. The van der Waals surface area contributed by atoms with E-state index >= 15 is 0 Å². The van der Waals surface area contributed by atoms with E-state index in [4.69, 9.17) is 0 Å². The molecule has 124 valence electrons. The Balaban J connectivity index is 1.91. The number of H-pyrrole nitrogens is 1. The second-order valence-corrected chi connectivity index (χ2v) is 5.53. The number of fused-ring (bicyclic) bond motifs is 1. The number of aromatic nitrogens is 1. The summed E-state index contributed by atoms with van der Waals surface area (Å²) in [5.41, 5.74) is 0.566. The van der Waals surface area contributed by atoms with Gasteiger partial charge in [-0.25, -0.2) is 18.2 Å². The van der Waals surface area contributed by atoms with E-state index in [1.54, 1.807) is 0 Å². The predicted molar refractivity (Wildman–Crippen MR) is 84.2 cm³/mol. The highest BCUT2D eigenvalue weighted by Gasteiger charge is 2.33. The van der Waals surface area contributed by atoms with E-state index in [1.165, 1.54) is 24.3 Å². The lowest BCUT2D eigenvalue weighted by Crippen LogP contribution is -2.00. The number of aromatic amines is 1. The molecule has 0 aliphatic carbocycles. The van der Waals surface area contributed by atoms with Gasteiger partial charge >= 0.3 is 0 Å². The van der Waals surface area contributed by atoms with Gasteiger partial charge in [0, 0.05) is 17.2 Å². The Morgan fingerprint density at radius 1 is 0.880 bits per heavy atom. The first-order valence-electron chi connectivity index (χ1n) is 7.25. The molecular formula is C18H9F3N2O2. The summed E-state index contributed by atoms with van der Waals surface area (Å²) < 4.78 is 40.4. The molecule has 4 nitrogen and oxygen atoms in total. The zero-order valence-electron chi connectivity index (χ0n) is 12.5. The molecule has 0 spiro atoms. The van der Waals surface area contributed by atoms with Crippen molar-refractivity contribution in [3.63, 3.8) is 0 Å². The second kappa shape index (κ2) is 5.34. The number of carbonyl (C=O) groups excluding carboxylic acids is 1. The normalized spacial score (nSPS) is 13.1. The Kier molecular flexibility index (Phi) is 3.24. The summed E-state index contributed by atoms with van der Waals surface area (Å²) in [4.78, 5) is 18.7. The van der Waals surface area contributed by atoms with Crippen LogP contribution < -0.4 is 0 Å². The summed E-state index contributed by atoms with van der Waals surface area (Å²) in [6.07, 6.45) is 0. The molecule has 3 aromatic rings. The van der Waals surface area contributed by atoms with Crippen LogP contribution in [-0.4, -0.2) is 21.7 Å². The lowest BCUT2D eigenvalue weighted by Gasteiger charge is -2.01. The molecule has 4 rings (SSSR count). The van der Waals surface area contributed by atoms with Crippen molar-refractivity contribution in [3.8, 4) is 17.1 Å². The van der Waals surface area contributed by atoms with Gasteiger partial charge in [-0.05, 0) is 24.3 Å². The number of aliphatic imine (C=N–C) groups is 1. The Labute approximate surface area is 139 Å². The number of nitrogens with zero attached hydrogens (tertiary/aromatic N) is 1. The van der Waals surface area contributed by atoms with Gasteiger partial charge in [0.2, 0.25) is 0 Å². The van der Waals surface area contributed by atoms with E-state index in [2.05, 4.69) is 9.98 Å². The van der Waals surface area contributed by atoms with Crippen LogP contribution in [0.15, 0.2) is 47.5 Å². The molecule has 1 aliphatic rings. The molecule has 0 fully saturated rings. The maximum atomic E-state index is 13.5. The third kappa shape index (κ3) is 2.40. The SMILES string of the molecule is O=C1N=C(c2cccc(F)c2)c2c(O)[nH]c(-c3cc(F)cc(F)c3)c21. The van der Waals surface area contributed by atoms with E-state index in [-0.39, 0.29) is 34.0 Å². The predicted octanol–water partition coefficient (Wildman–Crippen LogP) is 3.80. The number of amides is 1. The average Bonchev–Trinajstić information content (AvgIpc) is 3.06. The van der Waals surface area contributed by atoms with Gasteiger partial charge in [0.15, 0.2) is 5.88 Å². The maximum Gasteiger partial charge on any atom is 0.280 e. The number of nitrogens with one attached hydrogen (secondary N) is 1. The van der Waals surface area contributed by atoms with Crippen molar-refractivity contribution in [1.29, 1.82) is 0 Å². The van der Waals surface area contributed by atoms with Crippen LogP contribution in [0.3, 0.4) is 0 Å². The Morgan fingerprint density at radius 3 is 2.24 bits per heavy atom. The molecule has 2 N–H and O–H groups in total. The van der Waals surface area contributed by atoms with E-state index in [9.17, 15) is 23.1 Å². The summed E-state index contributed by atoms with van der Waals surface area (Å²) >= 11 is 0. The molecule has 2 heterocycles. The average molecular weight is 342 g/mol. The summed E-state index contributed by atoms with van der Waals surface area (Å²) in [6, 6.07) is 8.16. The monoisotopic (exact) mass is 342 g/mol. The molecule has 1 amide bonds. The van der Waals surface area contributed by atoms with Crippen molar-refractivity contribution in [2.24, 2.45) is 4.99 Å². The Hall–Kier alpha value is -3.35. The van der Waals surface area contributed by atoms with Crippen LogP contribution in [0.5, 0.6) is 5.88 Å². The second-order valence-electron chi connectivity index (χ2n) is 5.53. The van der Waals surface area contributed by atoms with Crippen molar-refractivity contribution < 1.29 is 23.1 Å². The van der Waals surface area contributed by atoms with Crippen LogP contribution in [0.25, 0.3) is 11.3 Å². The highest BCUT2D eigenvalue weighted by molar-refractivity contribution is 6.30. The number of halogens is 3. The van der Waals surface area contributed by atoms with Crippen LogP contribution >= 0.6 is 0 Å². The molecule has 0 unspecified atom stereocenters. The van der Waals surface area contributed by atoms with Crippen LogP contribution in [0.1, 0.15) is 21.5 Å². The van der Waals surface area contributed by atoms with Gasteiger partial charge in [-0.3, -0.25) is 4.79 Å². The number of hydrogen-bond donors (Lipinski definition) is 2. The lowest BCUT2D eigenvalue weighted by atomic mass is 10.00. The number of aromatic hydroxyl groups is 1. The molecule has 25 heavy (non-hydrogen) atoms. The molecule has 1 aliphatic heterocycles. The van der Waals surface area contributed by atoms with Gasteiger partial charge in [0.05, 0.1) is 22.5 Å². The fourth-order valence-electron chi connectivity index (χ4n) is 2.90. The molecule has 2 aromatic carbocycles. The maximum absolute atomic E-state index is 13.5. The van der Waals surface area contributed by atoms with Gasteiger partial charge in [-0.2, -0.15) is 0 Å². The van der Waals surface area contributed by atoms with E-state index in [1.807, 2.05) is 0 Å². The van der Waals surface area contributed by atoms with Crippen LogP contribution in [0.2, 0.25) is 0 Å². The first-order chi connectivity index (χ1) is 11.9. The van der Waals surface area contributed by atoms with Gasteiger partial charge in [-0.1, -0.05) is 12.1 Å². The number of carbonyl (C=O) groups is 1. The van der Waals surface area contributed by atoms with Crippen molar-refractivity contribution in [2.75, 3.05) is 0 Å². The fraction of sp³-hybridized carbons (Fsp3) is 0. The van der Waals surface area contributed by atoms with E-state index in [0.717, 1.165) is 12.1 Å². The standard InChI is InChI=1S/C18H9F3N2O2/c19-10-3-1-2-8(4-10)15-13-14(18(25)22-15)16(23-17(13)24)9-5-11(20)7-12(21)6-9/h1-7,23-24H. The topological polar surface area (TPSA) is 65.4 Å². The van der Waals surface area contributed by atoms with Crippen molar-refractivity contribution >= 4 is 11.6 Å². The Morgan fingerprint density at radius 2 is 1.56 bits per heavy atom. The molecule has 0 saturated carbocycles. The number of benzene rings is 2. The van der Waals surface area contributed by atoms with Crippen LogP contribution in [-0.2, 0) is 0 Å². The molecular weight excluding hydrogens is 333 g/mol. The quantitative estimate of drug-likeness (QED) is 0.744. The lowest BCUT2D eigenvalue weighted by molar-refractivity contribution is 0.101. The third-order valence-corrected chi connectivity index (χ3v) is 3.89. The van der Waals surface area contributed by atoms with Gasteiger partial charge in [-0.15, -0.1) is 0 Å².